The summed E-state index contributed by atoms with van der Waals surface area (Å²) in [4.78, 5) is 46.8. The van der Waals surface area contributed by atoms with Crippen molar-refractivity contribution in [2.75, 3.05) is 17.2 Å². The molecule has 0 saturated heterocycles. The smallest absolute Gasteiger partial charge is 0.340 e. The van der Waals surface area contributed by atoms with E-state index in [0.717, 1.165) is 6.42 Å². The average Bonchev–Trinajstić information content (AvgIpc) is 2.68. The third-order valence-electron chi connectivity index (χ3n) is 3.68. The Morgan fingerprint density at radius 2 is 1.54 bits per heavy atom. The Morgan fingerprint density at radius 3 is 2.18 bits per heavy atom. The highest BCUT2D eigenvalue weighted by atomic mass is 16.6. The Kier molecular flexibility index (Phi) is 7.21. The number of hydrogen-bond donors (Lipinski definition) is 2. The summed E-state index contributed by atoms with van der Waals surface area (Å²) in [5.41, 5.74) is -0.249. The van der Waals surface area contributed by atoms with Gasteiger partial charge in [-0.3, -0.25) is 19.7 Å². The van der Waals surface area contributed by atoms with E-state index < -0.39 is 22.7 Å². The number of amides is 2. The van der Waals surface area contributed by atoms with Crippen LogP contribution in [-0.2, 0) is 14.3 Å². The minimum absolute atomic E-state index is 0.102. The lowest BCUT2D eigenvalue weighted by Gasteiger charge is -2.11. The minimum atomic E-state index is -1.11. The Hall–Kier alpha value is -3.75. The summed E-state index contributed by atoms with van der Waals surface area (Å²) in [6, 6.07) is 11.5. The van der Waals surface area contributed by atoms with Gasteiger partial charge >= 0.3 is 17.8 Å². The zero-order chi connectivity index (χ0) is 20.5. The largest absolute Gasteiger partial charge is 0.462 e. The molecule has 0 radical (unpaired) electrons. The van der Waals surface area contributed by atoms with Crippen LogP contribution in [0.15, 0.2) is 48.5 Å². The molecule has 2 rings (SSSR count). The number of para-hydroxylation sites is 3. The van der Waals surface area contributed by atoms with E-state index >= 15 is 0 Å². The molecular weight excluding hydrogens is 366 g/mol. The summed E-state index contributed by atoms with van der Waals surface area (Å²) in [5, 5.41) is 15.5. The zero-order valence-corrected chi connectivity index (χ0v) is 15.1. The third kappa shape index (κ3) is 5.37. The van der Waals surface area contributed by atoms with Gasteiger partial charge in [-0.05, 0) is 24.6 Å². The van der Waals surface area contributed by atoms with Gasteiger partial charge in [-0.25, -0.2) is 4.79 Å². The van der Waals surface area contributed by atoms with Gasteiger partial charge < -0.3 is 15.4 Å². The van der Waals surface area contributed by atoms with Crippen molar-refractivity contribution in [2.24, 2.45) is 0 Å². The molecule has 0 spiro atoms. The van der Waals surface area contributed by atoms with Gasteiger partial charge in [0.25, 0.3) is 5.69 Å². The number of nitrogens with one attached hydrogen (secondary N) is 2. The van der Waals surface area contributed by atoms with Crippen molar-refractivity contribution in [3.8, 4) is 0 Å². The van der Waals surface area contributed by atoms with Crippen molar-refractivity contribution in [3.63, 3.8) is 0 Å². The van der Waals surface area contributed by atoms with Crippen LogP contribution >= 0.6 is 0 Å². The molecule has 0 fully saturated rings. The van der Waals surface area contributed by atoms with Crippen LogP contribution in [0.3, 0.4) is 0 Å². The van der Waals surface area contributed by atoms with Crippen molar-refractivity contribution in [1.82, 2.24) is 0 Å². The van der Waals surface area contributed by atoms with Crippen LogP contribution in [0.5, 0.6) is 0 Å². The first-order valence-electron chi connectivity index (χ1n) is 8.56. The highest BCUT2D eigenvalue weighted by Gasteiger charge is 2.21. The van der Waals surface area contributed by atoms with Crippen molar-refractivity contribution >= 4 is 34.8 Å². The number of benzene rings is 2. The molecular formula is C19H19N3O6. The van der Waals surface area contributed by atoms with Gasteiger partial charge in [-0.1, -0.05) is 37.6 Å². The molecule has 0 aliphatic carbocycles. The van der Waals surface area contributed by atoms with E-state index in [1.54, 1.807) is 12.1 Å². The minimum Gasteiger partial charge on any atom is -0.462 e. The molecule has 2 amide bonds. The van der Waals surface area contributed by atoms with E-state index in [2.05, 4.69) is 10.6 Å². The molecule has 2 aromatic rings. The van der Waals surface area contributed by atoms with Crippen LogP contribution in [0.1, 0.15) is 30.1 Å². The lowest BCUT2D eigenvalue weighted by atomic mass is 10.1. The molecule has 0 aromatic heterocycles. The van der Waals surface area contributed by atoms with Crippen molar-refractivity contribution in [1.29, 1.82) is 0 Å². The number of unbranched alkanes of at least 4 members (excludes halogenated alkanes) is 1. The maximum absolute atomic E-state index is 12.2. The number of carbonyl (C=O) groups is 3. The lowest BCUT2D eigenvalue weighted by Crippen LogP contribution is -2.30. The van der Waals surface area contributed by atoms with Crippen LogP contribution in [0.25, 0.3) is 0 Å². The second-order valence-corrected chi connectivity index (χ2v) is 5.72. The second kappa shape index (κ2) is 9.81. The first-order chi connectivity index (χ1) is 13.4. The van der Waals surface area contributed by atoms with Gasteiger partial charge in [0, 0.05) is 6.07 Å². The number of carbonyl (C=O) groups excluding carboxylic acids is 3. The van der Waals surface area contributed by atoms with Crippen molar-refractivity contribution < 1.29 is 24.0 Å². The lowest BCUT2D eigenvalue weighted by molar-refractivity contribution is -0.383. The molecule has 0 heterocycles. The highest BCUT2D eigenvalue weighted by molar-refractivity contribution is 6.44. The molecule has 0 saturated carbocycles. The van der Waals surface area contributed by atoms with Gasteiger partial charge in [0.1, 0.15) is 5.69 Å². The van der Waals surface area contributed by atoms with Gasteiger partial charge in [0.05, 0.1) is 22.8 Å². The summed E-state index contributed by atoms with van der Waals surface area (Å²) in [5.74, 6) is -2.81. The summed E-state index contributed by atoms with van der Waals surface area (Å²) in [6.07, 6.45) is 1.57. The summed E-state index contributed by atoms with van der Waals surface area (Å²) in [7, 11) is 0. The molecule has 0 bridgehead atoms. The first-order valence-corrected chi connectivity index (χ1v) is 8.56. The van der Waals surface area contributed by atoms with Crippen LogP contribution in [0.4, 0.5) is 17.1 Å². The van der Waals surface area contributed by atoms with Gasteiger partial charge in [-0.15, -0.1) is 0 Å². The van der Waals surface area contributed by atoms with Gasteiger partial charge in [0.15, 0.2) is 0 Å². The van der Waals surface area contributed by atoms with E-state index in [1.165, 1.54) is 36.4 Å². The second-order valence-electron chi connectivity index (χ2n) is 5.72. The maximum atomic E-state index is 12.2. The first kappa shape index (κ1) is 20.6. The van der Waals surface area contributed by atoms with E-state index in [-0.39, 0.29) is 29.2 Å². The van der Waals surface area contributed by atoms with E-state index in [0.29, 0.717) is 6.42 Å². The van der Waals surface area contributed by atoms with Gasteiger partial charge in [0.2, 0.25) is 0 Å². The molecule has 9 nitrogen and oxygen atoms in total. The number of nitro benzene ring substituents is 1. The monoisotopic (exact) mass is 385 g/mol. The highest BCUT2D eigenvalue weighted by Crippen LogP contribution is 2.23. The normalized spacial score (nSPS) is 10.0. The fourth-order valence-corrected chi connectivity index (χ4v) is 2.25. The Morgan fingerprint density at radius 1 is 0.964 bits per heavy atom. The molecule has 2 aromatic carbocycles. The van der Waals surface area contributed by atoms with E-state index in [1.807, 2.05) is 6.92 Å². The SMILES string of the molecule is CCCCOC(=O)c1ccccc1NC(=O)C(=O)Nc1ccccc1[N+](=O)[O-]. The number of rotatable bonds is 7. The van der Waals surface area contributed by atoms with Crippen LogP contribution < -0.4 is 10.6 Å². The number of anilines is 2. The predicted molar refractivity (Wildman–Crippen MR) is 102 cm³/mol. The molecule has 0 aliphatic rings. The fourth-order valence-electron chi connectivity index (χ4n) is 2.25. The Bertz CT molecular complexity index is 897. The Labute approximate surface area is 160 Å². The maximum Gasteiger partial charge on any atom is 0.340 e. The zero-order valence-electron chi connectivity index (χ0n) is 15.1. The quantitative estimate of drug-likeness (QED) is 0.248. The molecule has 28 heavy (non-hydrogen) atoms. The standard InChI is InChI=1S/C19H19N3O6/c1-2-3-12-28-19(25)13-8-4-5-9-14(13)20-17(23)18(24)21-15-10-6-7-11-16(15)22(26)27/h4-11H,2-3,12H2,1H3,(H,20,23)(H,21,24). The fraction of sp³-hybridized carbons (Fsp3) is 0.211. The van der Waals surface area contributed by atoms with Crippen LogP contribution in [0, 0.1) is 10.1 Å². The number of nitrogens with zero attached hydrogens (tertiary/aromatic N) is 1. The summed E-state index contributed by atoms with van der Waals surface area (Å²) in [6.45, 7) is 2.20. The van der Waals surface area contributed by atoms with Crippen molar-refractivity contribution in [3.05, 3.63) is 64.2 Å². The number of nitro groups is 1. The molecule has 0 atom stereocenters. The molecule has 2 N–H and O–H groups in total. The van der Waals surface area contributed by atoms with E-state index in [4.69, 9.17) is 4.74 Å². The molecule has 0 aliphatic heterocycles. The third-order valence-corrected chi connectivity index (χ3v) is 3.68. The number of esters is 1. The Balaban J connectivity index is 2.10. The molecule has 146 valence electrons. The van der Waals surface area contributed by atoms with Crippen LogP contribution in [0.2, 0.25) is 0 Å². The van der Waals surface area contributed by atoms with E-state index in [9.17, 15) is 24.5 Å². The topological polar surface area (TPSA) is 128 Å². The summed E-state index contributed by atoms with van der Waals surface area (Å²) >= 11 is 0. The molecule has 9 heteroatoms. The number of hydrogen-bond acceptors (Lipinski definition) is 6. The molecule has 0 unspecified atom stereocenters. The predicted octanol–water partition coefficient (Wildman–Crippen LogP) is 3.13. The summed E-state index contributed by atoms with van der Waals surface area (Å²) < 4.78 is 5.12. The van der Waals surface area contributed by atoms with Gasteiger partial charge in [-0.2, -0.15) is 0 Å². The van der Waals surface area contributed by atoms with Crippen LogP contribution in [-0.4, -0.2) is 29.3 Å². The van der Waals surface area contributed by atoms with Crippen molar-refractivity contribution in [2.45, 2.75) is 19.8 Å². The average molecular weight is 385 g/mol. The number of ether oxygens (including phenoxy) is 1.